The third kappa shape index (κ3) is 3.77. The first-order valence-electron chi connectivity index (χ1n) is 7.47. The van der Waals surface area contributed by atoms with Crippen LogP contribution in [0.1, 0.15) is 43.7 Å². The van der Waals surface area contributed by atoms with Gasteiger partial charge in [0.25, 0.3) is 0 Å². The van der Waals surface area contributed by atoms with E-state index in [0.29, 0.717) is 0 Å². The van der Waals surface area contributed by atoms with Gasteiger partial charge in [-0.05, 0) is 55.7 Å². The highest BCUT2D eigenvalue weighted by Crippen LogP contribution is 2.35. The Morgan fingerprint density at radius 2 is 2.05 bits per heavy atom. The number of nitrogens with two attached hydrogens (primary N) is 1. The second kappa shape index (κ2) is 5.59. The van der Waals surface area contributed by atoms with Crippen LogP contribution in [0.2, 0.25) is 0 Å². The minimum atomic E-state index is -0.190. The maximum absolute atomic E-state index is 13.2. The van der Waals surface area contributed by atoms with Gasteiger partial charge >= 0.3 is 0 Å². The SMILES string of the molecule is NC(CCN(CC1CC1)C1CC1)c1cccc(F)c1. The molecular weight excluding hydrogens is 239 g/mol. The second-order valence-electron chi connectivity index (χ2n) is 6.12. The summed E-state index contributed by atoms with van der Waals surface area (Å²) in [5.74, 6) is 0.746. The van der Waals surface area contributed by atoms with Crippen molar-refractivity contribution in [3.63, 3.8) is 0 Å². The maximum atomic E-state index is 13.2. The van der Waals surface area contributed by atoms with Crippen molar-refractivity contribution in [2.45, 2.75) is 44.2 Å². The summed E-state index contributed by atoms with van der Waals surface area (Å²) in [6, 6.07) is 7.47. The smallest absolute Gasteiger partial charge is 0.123 e. The van der Waals surface area contributed by atoms with E-state index >= 15 is 0 Å². The Balaban J connectivity index is 1.51. The Bertz CT molecular complexity index is 427. The van der Waals surface area contributed by atoms with E-state index in [2.05, 4.69) is 4.90 Å². The molecule has 0 saturated heterocycles. The fourth-order valence-corrected chi connectivity index (χ4v) is 2.70. The molecule has 3 rings (SSSR count). The van der Waals surface area contributed by atoms with E-state index in [1.54, 1.807) is 12.1 Å². The Hall–Kier alpha value is -0.930. The molecule has 2 nitrogen and oxygen atoms in total. The summed E-state index contributed by atoms with van der Waals surface area (Å²) in [4.78, 5) is 2.61. The van der Waals surface area contributed by atoms with Crippen molar-refractivity contribution in [2.75, 3.05) is 13.1 Å². The zero-order chi connectivity index (χ0) is 13.2. The highest BCUT2D eigenvalue weighted by molar-refractivity contribution is 5.19. The molecule has 19 heavy (non-hydrogen) atoms. The lowest BCUT2D eigenvalue weighted by Crippen LogP contribution is -2.31. The molecule has 0 aliphatic heterocycles. The van der Waals surface area contributed by atoms with Gasteiger partial charge in [-0.2, -0.15) is 0 Å². The van der Waals surface area contributed by atoms with Crippen LogP contribution in [0.25, 0.3) is 0 Å². The molecule has 104 valence electrons. The van der Waals surface area contributed by atoms with Gasteiger partial charge in [0.2, 0.25) is 0 Å². The van der Waals surface area contributed by atoms with Gasteiger partial charge in [0.05, 0.1) is 0 Å². The predicted molar refractivity (Wildman–Crippen MR) is 75.3 cm³/mol. The van der Waals surface area contributed by atoms with Gasteiger partial charge in [0, 0.05) is 25.2 Å². The van der Waals surface area contributed by atoms with Crippen LogP contribution < -0.4 is 5.73 Å². The molecule has 1 unspecified atom stereocenters. The summed E-state index contributed by atoms with van der Waals surface area (Å²) in [6.45, 7) is 2.30. The first-order chi connectivity index (χ1) is 9.22. The molecule has 2 N–H and O–H groups in total. The number of hydrogen-bond acceptors (Lipinski definition) is 2. The van der Waals surface area contributed by atoms with Crippen molar-refractivity contribution < 1.29 is 4.39 Å². The largest absolute Gasteiger partial charge is 0.324 e. The van der Waals surface area contributed by atoms with Crippen molar-refractivity contribution in [2.24, 2.45) is 11.7 Å². The Morgan fingerprint density at radius 1 is 1.26 bits per heavy atom. The number of benzene rings is 1. The van der Waals surface area contributed by atoms with Crippen LogP contribution in [-0.2, 0) is 0 Å². The first-order valence-corrected chi connectivity index (χ1v) is 7.47. The predicted octanol–water partition coefficient (Wildman–Crippen LogP) is 3.09. The molecule has 2 saturated carbocycles. The lowest BCUT2D eigenvalue weighted by Gasteiger charge is -2.23. The topological polar surface area (TPSA) is 29.3 Å². The zero-order valence-electron chi connectivity index (χ0n) is 11.4. The minimum absolute atomic E-state index is 0.0452. The summed E-state index contributed by atoms with van der Waals surface area (Å²) in [5, 5.41) is 0. The van der Waals surface area contributed by atoms with E-state index < -0.39 is 0 Å². The van der Waals surface area contributed by atoms with Crippen LogP contribution >= 0.6 is 0 Å². The van der Waals surface area contributed by atoms with Gasteiger partial charge in [-0.15, -0.1) is 0 Å². The molecule has 0 aromatic heterocycles. The number of nitrogens with zero attached hydrogens (tertiary/aromatic N) is 1. The molecule has 0 bridgehead atoms. The van der Waals surface area contributed by atoms with E-state index in [4.69, 9.17) is 5.73 Å². The summed E-state index contributed by atoms with van der Waals surface area (Å²) in [7, 11) is 0. The van der Waals surface area contributed by atoms with E-state index in [1.807, 2.05) is 6.07 Å². The first kappa shape index (κ1) is 13.1. The van der Waals surface area contributed by atoms with Crippen molar-refractivity contribution in [1.29, 1.82) is 0 Å². The van der Waals surface area contributed by atoms with Crippen LogP contribution in [0.5, 0.6) is 0 Å². The van der Waals surface area contributed by atoms with E-state index in [0.717, 1.165) is 30.5 Å². The highest BCUT2D eigenvalue weighted by atomic mass is 19.1. The van der Waals surface area contributed by atoms with Crippen molar-refractivity contribution >= 4 is 0 Å². The summed E-state index contributed by atoms with van der Waals surface area (Å²) in [5.41, 5.74) is 7.10. The van der Waals surface area contributed by atoms with E-state index in [1.165, 1.54) is 38.3 Å². The average molecular weight is 262 g/mol. The normalized spacial score (nSPS) is 20.8. The zero-order valence-corrected chi connectivity index (χ0v) is 11.4. The maximum Gasteiger partial charge on any atom is 0.123 e. The molecule has 2 fully saturated rings. The Labute approximate surface area is 114 Å². The van der Waals surface area contributed by atoms with Crippen molar-refractivity contribution in [3.8, 4) is 0 Å². The lowest BCUT2D eigenvalue weighted by molar-refractivity contribution is 0.243. The van der Waals surface area contributed by atoms with E-state index in [-0.39, 0.29) is 11.9 Å². The molecule has 3 heteroatoms. The Morgan fingerprint density at radius 3 is 2.68 bits per heavy atom. The number of rotatable bonds is 7. The van der Waals surface area contributed by atoms with Gasteiger partial charge in [-0.25, -0.2) is 4.39 Å². The molecule has 1 aromatic rings. The molecule has 0 heterocycles. The monoisotopic (exact) mass is 262 g/mol. The molecule has 0 amide bonds. The average Bonchev–Trinajstić information content (AvgIpc) is 3.27. The van der Waals surface area contributed by atoms with Gasteiger partial charge in [-0.1, -0.05) is 12.1 Å². The highest BCUT2D eigenvalue weighted by Gasteiger charge is 2.33. The Kier molecular flexibility index (Phi) is 3.85. The molecule has 1 aromatic carbocycles. The third-order valence-corrected chi connectivity index (χ3v) is 4.26. The van der Waals surface area contributed by atoms with Gasteiger partial charge < -0.3 is 10.6 Å². The molecule has 2 aliphatic carbocycles. The number of hydrogen-bond donors (Lipinski definition) is 1. The quantitative estimate of drug-likeness (QED) is 0.818. The summed E-state index contributed by atoms with van der Waals surface area (Å²) < 4.78 is 13.2. The second-order valence-corrected chi connectivity index (χ2v) is 6.12. The van der Waals surface area contributed by atoms with Crippen LogP contribution in [0.4, 0.5) is 4.39 Å². The lowest BCUT2D eigenvalue weighted by atomic mass is 10.0. The summed E-state index contributed by atoms with van der Waals surface area (Å²) in [6.07, 6.45) is 6.43. The fraction of sp³-hybridized carbons (Fsp3) is 0.625. The van der Waals surface area contributed by atoms with Gasteiger partial charge in [0.15, 0.2) is 0 Å². The molecular formula is C16H23FN2. The summed E-state index contributed by atoms with van der Waals surface area (Å²) >= 11 is 0. The van der Waals surface area contributed by atoms with Crippen LogP contribution in [-0.4, -0.2) is 24.0 Å². The standard InChI is InChI=1S/C16H23FN2/c17-14-3-1-2-13(10-14)16(18)8-9-19(15-6-7-15)11-12-4-5-12/h1-3,10,12,15-16H,4-9,11,18H2. The van der Waals surface area contributed by atoms with E-state index in [9.17, 15) is 4.39 Å². The molecule has 0 radical (unpaired) electrons. The van der Waals surface area contributed by atoms with Crippen LogP contribution in [0, 0.1) is 11.7 Å². The molecule has 0 spiro atoms. The minimum Gasteiger partial charge on any atom is -0.324 e. The van der Waals surface area contributed by atoms with Crippen LogP contribution in [0.3, 0.4) is 0 Å². The van der Waals surface area contributed by atoms with Gasteiger partial charge in [-0.3, -0.25) is 0 Å². The van der Waals surface area contributed by atoms with Crippen molar-refractivity contribution in [1.82, 2.24) is 4.90 Å². The van der Waals surface area contributed by atoms with Crippen molar-refractivity contribution in [3.05, 3.63) is 35.6 Å². The fourth-order valence-electron chi connectivity index (χ4n) is 2.70. The molecule has 1 atom stereocenters. The third-order valence-electron chi connectivity index (χ3n) is 4.26. The molecule has 2 aliphatic rings. The van der Waals surface area contributed by atoms with Crippen LogP contribution in [0.15, 0.2) is 24.3 Å². The number of halogens is 1. The van der Waals surface area contributed by atoms with Gasteiger partial charge in [0.1, 0.15) is 5.82 Å².